The molecule has 1 aromatic carbocycles. The van der Waals surface area contributed by atoms with Crippen LogP contribution in [0.15, 0.2) is 55.0 Å². The second-order valence-electron chi connectivity index (χ2n) is 5.11. The van der Waals surface area contributed by atoms with Gasteiger partial charge < -0.3 is 5.32 Å². The topological polar surface area (TPSA) is 37.8 Å². The predicted molar refractivity (Wildman–Crippen MR) is 86.2 cm³/mol. The molecule has 0 spiro atoms. The Hall–Kier alpha value is -2.26. The van der Waals surface area contributed by atoms with Gasteiger partial charge >= 0.3 is 0 Å². The van der Waals surface area contributed by atoms with Gasteiger partial charge in [-0.05, 0) is 42.1 Å². The van der Waals surface area contributed by atoms with Gasteiger partial charge in [0.15, 0.2) is 0 Å². The normalized spacial score (nSPS) is 12.5. The summed E-state index contributed by atoms with van der Waals surface area (Å²) < 4.78 is 0. The van der Waals surface area contributed by atoms with Gasteiger partial charge in [-0.2, -0.15) is 0 Å². The zero-order valence-electron chi connectivity index (χ0n) is 12.4. The lowest BCUT2D eigenvalue weighted by molar-refractivity contribution is 0.628. The van der Waals surface area contributed by atoms with Crippen LogP contribution in [0.3, 0.4) is 0 Å². The molecule has 0 amide bonds. The average Bonchev–Trinajstić information content (AvgIpc) is 2.53. The lowest BCUT2D eigenvalue weighted by atomic mass is 9.94. The Kier molecular flexibility index (Phi) is 3.93. The van der Waals surface area contributed by atoms with Crippen LogP contribution in [0.2, 0.25) is 0 Å². The number of hydrogen-bond donors (Lipinski definition) is 1. The fourth-order valence-electron chi connectivity index (χ4n) is 2.78. The Balaban J connectivity index is 2.19. The number of fused-ring (bicyclic) bond motifs is 1. The SMILES string of the molecule is CCNC(c1cccnc1C)c1cccc2ccncc12. The number of pyridine rings is 2. The van der Waals surface area contributed by atoms with Gasteiger partial charge in [0.1, 0.15) is 0 Å². The van der Waals surface area contributed by atoms with Gasteiger partial charge in [-0.1, -0.05) is 31.2 Å². The van der Waals surface area contributed by atoms with Crippen molar-refractivity contribution in [3.05, 3.63) is 71.8 Å². The van der Waals surface area contributed by atoms with Gasteiger partial charge in [0.2, 0.25) is 0 Å². The summed E-state index contributed by atoms with van der Waals surface area (Å²) in [7, 11) is 0. The number of benzene rings is 1. The number of nitrogens with zero attached hydrogens (tertiary/aromatic N) is 2. The van der Waals surface area contributed by atoms with Crippen LogP contribution in [0.25, 0.3) is 10.8 Å². The summed E-state index contributed by atoms with van der Waals surface area (Å²) >= 11 is 0. The van der Waals surface area contributed by atoms with Crippen molar-refractivity contribution < 1.29 is 0 Å². The molecule has 0 aliphatic heterocycles. The summed E-state index contributed by atoms with van der Waals surface area (Å²) in [5.41, 5.74) is 3.53. The van der Waals surface area contributed by atoms with Crippen LogP contribution in [-0.2, 0) is 0 Å². The van der Waals surface area contributed by atoms with E-state index in [1.807, 2.05) is 24.7 Å². The number of rotatable bonds is 4. The number of hydrogen-bond acceptors (Lipinski definition) is 3. The van der Waals surface area contributed by atoms with Gasteiger partial charge in [-0.15, -0.1) is 0 Å². The molecule has 1 unspecified atom stereocenters. The van der Waals surface area contributed by atoms with Gasteiger partial charge in [0, 0.05) is 29.7 Å². The summed E-state index contributed by atoms with van der Waals surface area (Å²) in [6.45, 7) is 5.08. The third-order valence-corrected chi connectivity index (χ3v) is 3.80. The molecular formula is C18H19N3. The van der Waals surface area contributed by atoms with E-state index in [0.29, 0.717) is 0 Å². The summed E-state index contributed by atoms with van der Waals surface area (Å²) in [5.74, 6) is 0. The number of aryl methyl sites for hydroxylation is 1. The molecule has 0 aliphatic carbocycles. The van der Waals surface area contributed by atoms with E-state index >= 15 is 0 Å². The number of aromatic nitrogens is 2. The molecule has 3 rings (SSSR count). The lowest BCUT2D eigenvalue weighted by Crippen LogP contribution is -2.23. The molecule has 0 bridgehead atoms. The van der Waals surface area contributed by atoms with Gasteiger partial charge in [0.05, 0.1) is 6.04 Å². The van der Waals surface area contributed by atoms with Crippen molar-refractivity contribution in [2.45, 2.75) is 19.9 Å². The first-order chi connectivity index (χ1) is 10.3. The van der Waals surface area contributed by atoms with Crippen molar-refractivity contribution in [1.29, 1.82) is 0 Å². The van der Waals surface area contributed by atoms with Gasteiger partial charge in [-0.3, -0.25) is 9.97 Å². The second kappa shape index (κ2) is 6.02. The third-order valence-electron chi connectivity index (χ3n) is 3.80. The molecule has 3 nitrogen and oxygen atoms in total. The van der Waals surface area contributed by atoms with E-state index < -0.39 is 0 Å². The molecule has 1 N–H and O–H groups in total. The molecule has 0 fully saturated rings. The van der Waals surface area contributed by atoms with E-state index in [2.05, 4.69) is 59.5 Å². The zero-order chi connectivity index (χ0) is 14.7. The van der Waals surface area contributed by atoms with Crippen LogP contribution in [0, 0.1) is 6.92 Å². The molecular weight excluding hydrogens is 258 g/mol. The van der Waals surface area contributed by atoms with E-state index in [4.69, 9.17) is 0 Å². The Morgan fingerprint density at radius 2 is 1.90 bits per heavy atom. The minimum Gasteiger partial charge on any atom is -0.306 e. The third kappa shape index (κ3) is 2.65. The summed E-state index contributed by atoms with van der Waals surface area (Å²) in [6, 6.07) is 12.7. The van der Waals surface area contributed by atoms with Crippen LogP contribution in [-0.4, -0.2) is 16.5 Å². The van der Waals surface area contributed by atoms with Crippen molar-refractivity contribution >= 4 is 10.8 Å². The Labute approximate surface area is 125 Å². The van der Waals surface area contributed by atoms with Crippen molar-refractivity contribution in [3.63, 3.8) is 0 Å². The maximum absolute atomic E-state index is 4.43. The molecule has 0 aliphatic rings. The minimum atomic E-state index is 0.136. The highest BCUT2D eigenvalue weighted by atomic mass is 14.9. The highest BCUT2D eigenvalue weighted by molar-refractivity contribution is 5.85. The van der Waals surface area contributed by atoms with Crippen molar-refractivity contribution in [1.82, 2.24) is 15.3 Å². The maximum atomic E-state index is 4.43. The Morgan fingerprint density at radius 1 is 1.05 bits per heavy atom. The monoisotopic (exact) mass is 277 g/mol. The molecule has 106 valence electrons. The van der Waals surface area contributed by atoms with Crippen molar-refractivity contribution in [3.8, 4) is 0 Å². The van der Waals surface area contributed by atoms with E-state index in [9.17, 15) is 0 Å². The quantitative estimate of drug-likeness (QED) is 0.791. The second-order valence-corrected chi connectivity index (χ2v) is 5.11. The molecule has 0 saturated heterocycles. The minimum absolute atomic E-state index is 0.136. The zero-order valence-corrected chi connectivity index (χ0v) is 12.4. The maximum Gasteiger partial charge on any atom is 0.0601 e. The van der Waals surface area contributed by atoms with Crippen LogP contribution >= 0.6 is 0 Å². The fourth-order valence-corrected chi connectivity index (χ4v) is 2.78. The molecule has 1 atom stereocenters. The average molecular weight is 277 g/mol. The standard InChI is InChI=1S/C18H19N3/c1-3-20-18(15-8-5-10-21-13(15)2)16-7-4-6-14-9-11-19-12-17(14)16/h4-12,18,20H,3H2,1-2H3. The van der Waals surface area contributed by atoms with Crippen LogP contribution in [0.4, 0.5) is 0 Å². The molecule has 2 heterocycles. The van der Waals surface area contributed by atoms with Crippen molar-refractivity contribution in [2.75, 3.05) is 6.54 Å². The molecule has 21 heavy (non-hydrogen) atoms. The van der Waals surface area contributed by atoms with Crippen LogP contribution < -0.4 is 5.32 Å². The lowest BCUT2D eigenvalue weighted by Gasteiger charge is -2.21. The van der Waals surface area contributed by atoms with Crippen molar-refractivity contribution in [2.24, 2.45) is 0 Å². The molecule has 3 aromatic rings. The van der Waals surface area contributed by atoms with E-state index in [1.54, 1.807) is 0 Å². The summed E-state index contributed by atoms with van der Waals surface area (Å²) in [5, 5.41) is 5.98. The van der Waals surface area contributed by atoms with E-state index in [1.165, 1.54) is 21.9 Å². The summed E-state index contributed by atoms with van der Waals surface area (Å²) in [6.07, 6.45) is 5.62. The first kappa shape index (κ1) is 13.7. The largest absolute Gasteiger partial charge is 0.306 e. The first-order valence-corrected chi connectivity index (χ1v) is 7.28. The Bertz CT molecular complexity index is 747. The molecule has 2 aromatic heterocycles. The molecule has 0 saturated carbocycles. The van der Waals surface area contributed by atoms with Gasteiger partial charge in [-0.25, -0.2) is 0 Å². The fraction of sp³-hybridized carbons (Fsp3) is 0.222. The van der Waals surface area contributed by atoms with Crippen LogP contribution in [0.5, 0.6) is 0 Å². The van der Waals surface area contributed by atoms with E-state index in [-0.39, 0.29) is 6.04 Å². The highest BCUT2D eigenvalue weighted by Crippen LogP contribution is 2.29. The smallest absolute Gasteiger partial charge is 0.0601 e. The molecule has 0 radical (unpaired) electrons. The Morgan fingerprint density at radius 3 is 2.71 bits per heavy atom. The van der Waals surface area contributed by atoms with Gasteiger partial charge in [0.25, 0.3) is 0 Å². The predicted octanol–water partition coefficient (Wildman–Crippen LogP) is 3.64. The summed E-state index contributed by atoms with van der Waals surface area (Å²) in [4.78, 5) is 8.72. The van der Waals surface area contributed by atoms with Crippen LogP contribution in [0.1, 0.15) is 29.8 Å². The highest BCUT2D eigenvalue weighted by Gasteiger charge is 2.17. The first-order valence-electron chi connectivity index (χ1n) is 7.28. The van der Waals surface area contributed by atoms with E-state index in [0.717, 1.165) is 12.2 Å². The number of nitrogens with one attached hydrogen (secondary N) is 1. The molecule has 3 heteroatoms.